The molecule has 0 heterocycles. The minimum atomic E-state index is -0.654. The summed E-state index contributed by atoms with van der Waals surface area (Å²) < 4.78 is 0. The fourth-order valence-electron chi connectivity index (χ4n) is 6.08. The maximum absolute atomic E-state index is 3.86. The van der Waals surface area contributed by atoms with E-state index in [0.29, 0.717) is 0 Å². The highest BCUT2D eigenvalue weighted by Crippen LogP contribution is 2.40. The molecule has 0 radical (unpaired) electrons. The highest BCUT2D eigenvalue weighted by Gasteiger charge is 2.35. The topological polar surface area (TPSA) is 27.3 Å². The van der Waals surface area contributed by atoms with Crippen LogP contribution in [0.4, 0.5) is 22.7 Å². The fraction of sp³-hybridized carbons (Fsp3) is 0.0476. The first-order valence-corrected chi connectivity index (χ1v) is 15.4. The van der Waals surface area contributed by atoms with Crippen LogP contribution in [0.2, 0.25) is 0 Å². The molecule has 0 fully saturated rings. The van der Waals surface area contributed by atoms with E-state index >= 15 is 0 Å². The molecule has 3 heteroatoms. The molecule has 5 aromatic rings. The molecule has 2 aliphatic rings. The van der Waals surface area contributed by atoms with Crippen molar-refractivity contribution in [3.63, 3.8) is 0 Å². The van der Waals surface area contributed by atoms with Gasteiger partial charge in [-0.05, 0) is 77.4 Å². The molecule has 0 bridgehead atoms. The summed E-state index contributed by atoms with van der Waals surface area (Å²) in [5.74, 6) is 0. The van der Waals surface area contributed by atoms with Gasteiger partial charge in [-0.2, -0.15) is 0 Å². The van der Waals surface area contributed by atoms with Crippen molar-refractivity contribution in [3.8, 4) is 0 Å². The third-order valence-corrected chi connectivity index (χ3v) is 8.31. The maximum atomic E-state index is 3.86. The van der Waals surface area contributed by atoms with Crippen molar-refractivity contribution in [2.75, 3.05) is 15.5 Å². The van der Waals surface area contributed by atoms with Gasteiger partial charge in [-0.25, -0.2) is 0 Å². The third-order valence-electron chi connectivity index (χ3n) is 8.31. The molecule has 0 atom stereocenters. The van der Waals surface area contributed by atoms with E-state index in [1.165, 1.54) is 5.56 Å². The lowest BCUT2D eigenvalue weighted by atomic mass is 9.83. The number of benzene rings is 5. The summed E-state index contributed by atoms with van der Waals surface area (Å²) in [4.78, 5) is 2.35. The van der Waals surface area contributed by atoms with Crippen LogP contribution in [0.5, 0.6) is 0 Å². The molecule has 5 aromatic carbocycles. The first-order valence-electron chi connectivity index (χ1n) is 15.4. The van der Waals surface area contributed by atoms with Gasteiger partial charge in [-0.1, -0.05) is 140 Å². The first-order chi connectivity index (χ1) is 22.2. The fourth-order valence-corrected chi connectivity index (χ4v) is 6.08. The molecule has 7 rings (SSSR count). The lowest BCUT2D eigenvalue weighted by Gasteiger charge is -2.44. The van der Waals surface area contributed by atoms with Gasteiger partial charge in [-0.15, -0.1) is 0 Å². The Kier molecular flexibility index (Phi) is 7.74. The first kappa shape index (κ1) is 28.0. The van der Waals surface area contributed by atoms with Crippen molar-refractivity contribution < 1.29 is 0 Å². The van der Waals surface area contributed by atoms with Gasteiger partial charge in [0.05, 0.1) is 0 Å². The van der Waals surface area contributed by atoms with Gasteiger partial charge >= 0.3 is 0 Å². The SMILES string of the molecule is C1=CC(Nc2ccccc2)(c2ccccc2)C=CC1=C1C=CC(Nc2ccccc2)(N(c2ccccc2)c2ccccc2)C=C1. The molecular formula is C42H35N3. The lowest BCUT2D eigenvalue weighted by molar-refractivity contribution is 0.712. The monoisotopic (exact) mass is 581 g/mol. The third kappa shape index (κ3) is 5.89. The van der Waals surface area contributed by atoms with Crippen molar-refractivity contribution in [2.24, 2.45) is 0 Å². The molecule has 0 saturated carbocycles. The van der Waals surface area contributed by atoms with Gasteiger partial charge in [0.1, 0.15) is 5.54 Å². The van der Waals surface area contributed by atoms with Crippen LogP contribution in [-0.4, -0.2) is 5.66 Å². The van der Waals surface area contributed by atoms with E-state index in [1.54, 1.807) is 0 Å². The highest BCUT2D eigenvalue weighted by molar-refractivity contribution is 5.73. The van der Waals surface area contributed by atoms with Crippen molar-refractivity contribution in [2.45, 2.75) is 11.2 Å². The van der Waals surface area contributed by atoms with E-state index in [0.717, 1.165) is 33.9 Å². The number of rotatable bonds is 8. The Balaban J connectivity index is 1.28. The average molecular weight is 582 g/mol. The molecule has 218 valence electrons. The molecule has 0 spiro atoms. The van der Waals surface area contributed by atoms with Crippen LogP contribution in [0, 0.1) is 0 Å². The van der Waals surface area contributed by atoms with Crippen molar-refractivity contribution >= 4 is 22.7 Å². The number of nitrogens with zero attached hydrogens (tertiary/aromatic N) is 1. The molecule has 0 saturated heterocycles. The molecule has 2 aliphatic carbocycles. The van der Waals surface area contributed by atoms with Crippen LogP contribution in [0.3, 0.4) is 0 Å². The molecule has 0 unspecified atom stereocenters. The Morgan fingerprint density at radius 3 is 1.22 bits per heavy atom. The van der Waals surface area contributed by atoms with E-state index in [-0.39, 0.29) is 0 Å². The number of hydrogen-bond acceptors (Lipinski definition) is 3. The van der Waals surface area contributed by atoms with Crippen LogP contribution < -0.4 is 15.5 Å². The predicted octanol–water partition coefficient (Wildman–Crippen LogP) is 10.2. The van der Waals surface area contributed by atoms with Crippen LogP contribution >= 0.6 is 0 Å². The Morgan fingerprint density at radius 2 is 0.756 bits per heavy atom. The van der Waals surface area contributed by atoms with E-state index in [4.69, 9.17) is 0 Å². The summed E-state index contributed by atoms with van der Waals surface area (Å²) in [6, 6.07) is 52.5. The van der Waals surface area contributed by atoms with Crippen LogP contribution in [0.15, 0.2) is 211 Å². The Bertz CT molecular complexity index is 1800. The van der Waals surface area contributed by atoms with E-state index in [1.807, 2.05) is 12.1 Å². The molecule has 0 amide bonds. The summed E-state index contributed by atoms with van der Waals surface area (Å²) in [7, 11) is 0. The largest absolute Gasteiger partial charge is 0.369 e. The number of anilines is 4. The molecule has 45 heavy (non-hydrogen) atoms. The normalized spacial score (nSPS) is 20.2. The second-order valence-electron chi connectivity index (χ2n) is 11.3. The van der Waals surface area contributed by atoms with Gasteiger partial charge < -0.3 is 15.5 Å². The van der Waals surface area contributed by atoms with Crippen LogP contribution in [0.1, 0.15) is 5.56 Å². The van der Waals surface area contributed by atoms with Crippen LogP contribution in [-0.2, 0) is 5.54 Å². The highest BCUT2D eigenvalue weighted by atomic mass is 15.3. The van der Waals surface area contributed by atoms with Crippen LogP contribution in [0.25, 0.3) is 0 Å². The molecular weight excluding hydrogens is 546 g/mol. The van der Waals surface area contributed by atoms with E-state index < -0.39 is 11.2 Å². The standard InChI is InChI=1S/C42H35N3/c1-6-16-36(17-7-1)41(43-37-18-8-2-9-19-37)30-26-34(27-31-41)35-28-32-42(33-29-35,44-38-20-10-3-11-21-38)45(39-22-12-4-13-23-39)40-24-14-5-15-25-40/h1-33,43-44H. The van der Waals surface area contributed by atoms with Gasteiger partial charge in [-0.3, -0.25) is 0 Å². The lowest BCUT2D eigenvalue weighted by Crippen LogP contribution is -2.50. The number of para-hydroxylation sites is 4. The van der Waals surface area contributed by atoms with E-state index in [9.17, 15) is 0 Å². The summed E-state index contributed by atoms with van der Waals surface area (Å²) in [6.07, 6.45) is 18.0. The molecule has 0 aromatic heterocycles. The minimum absolute atomic E-state index is 0.454. The van der Waals surface area contributed by atoms with Gasteiger partial charge in [0.2, 0.25) is 0 Å². The summed E-state index contributed by atoms with van der Waals surface area (Å²) >= 11 is 0. The Hall–Kier alpha value is -5.80. The zero-order chi connectivity index (χ0) is 30.4. The Morgan fingerprint density at radius 1 is 0.378 bits per heavy atom. The van der Waals surface area contributed by atoms with Gasteiger partial charge in [0.25, 0.3) is 0 Å². The van der Waals surface area contributed by atoms with Gasteiger partial charge in [0.15, 0.2) is 5.66 Å². The summed E-state index contributed by atoms with van der Waals surface area (Å²) in [6.45, 7) is 0. The number of nitrogens with one attached hydrogen (secondary N) is 2. The van der Waals surface area contributed by atoms with Gasteiger partial charge in [0, 0.05) is 22.7 Å². The number of allylic oxidation sites excluding steroid dienone is 6. The summed E-state index contributed by atoms with van der Waals surface area (Å²) in [5, 5.41) is 7.64. The average Bonchev–Trinajstić information content (AvgIpc) is 3.11. The zero-order valence-corrected chi connectivity index (χ0v) is 25.0. The molecule has 0 aliphatic heterocycles. The quantitative estimate of drug-likeness (QED) is 0.179. The second-order valence-corrected chi connectivity index (χ2v) is 11.3. The zero-order valence-electron chi connectivity index (χ0n) is 25.0. The van der Waals surface area contributed by atoms with Crippen molar-refractivity contribution in [1.82, 2.24) is 0 Å². The second kappa shape index (κ2) is 12.4. The molecule has 2 N–H and O–H groups in total. The van der Waals surface area contributed by atoms with E-state index in [2.05, 4.69) is 204 Å². The van der Waals surface area contributed by atoms with Crippen molar-refractivity contribution in [1.29, 1.82) is 0 Å². The summed E-state index contributed by atoms with van der Waals surface area (Å²) in [5.41, 5.74) is 6.68. The predicted molar refractivity (Wildman–Crippen MR) is 190 cm³/mol. The molecule has 3 nitrogen and oxygen atoms in total. The maximum Gasteiger partial charge on any atom is 0.154 e. The minimum Gasteiger partial charge on any atom is -0.369 e. The smallest absolute Gasteiger partial charge is 0.154 e. The number of hydrogen-bond donors (Lipinski definition) is 2. The Labute approximate surface area is 265 Å². The van der Waals surface area contributed by atoms with Crippen molar-refractivity contribution in [3.05, 3.63) is 217 Å².